The third-order valence-corrected chi connectivity index (χ3v) is 5.08. The standard InChI is InChI=1S/C16H20ClN3O2S/c1-4-18-16-20(5-2)15(22)13(23-16)9-14(21)19-11-7-6-10(3)12(17)8-11/h6-8,13H,4-5,9H2,1-3H3,(H,19,21)/t13-/m1/s1. The van der Waals surface area contributed by atoms with Gasteiger partial charge in [0.25, 0.3) is 0 Å². The largest absolute Gasteiger partial charge is 0.326 e. The number of halogens is 1. The molecule has 0 bridgehead atoms. The predicted molar refractivity (Wildman–Crippen MR) is 96.2 cm³/mol. The number of nitrogens with zero attached hydrogens (tertiary/aromatic N) is 2. The number of thioether (sulfide) groups is 1. The second-order valence-electron chi connectivity index (χ2n) is 5.16. The first-order valence-electron chi connectivity index (χ1n) is 7.54. The zero-order valence-corrected chi connectivity index (χ0v) is 15.0. The molecule has 7 heteroatoms. The molecule has 1 saturated heterocycles. The number of amidine groups is 1. The zero-order valence-electron chi connectivity index (χ0n) is 13.4. The Morgan fingerprint density at radius 1 is 1.43 bits per heavy atom. The SMILES string of the molecule is CCN=C1S[C@H](CC(=O)Nc2ccc(C)c(Cl)c2)C(=O)N1CC. The number of hydrogen-bond acceptors (Lipinski definition) is 4. The Labute approximate surface area is 145 Å². The van der Waals surface area contributed by atoms with E-state index in [9.17, 15) is 9.59 Å². The van der Waals surface area contributed by atoms with Crippen LogP contribution in [0.5, 0.6) is 0 Å². The maximum Gasteiger partial charge on any atom is 0.242 e. The number of aliphatic imine (C=N–C) groups is 1. The van der Waals surface area contributed by atoms with Gasteiger partial charge in [-0.25, -0.2) is 0 Å². The number of carbonyl (C=O) groups is 2. The van der Waals surface area contributed by atoms with Gasteiger partial charge in [0.2, 0.25) is 11.8 Å². The van der Waals surface area contributed by atoms with E-state index >= 15 is 0 Å². The first kappa shape index (κ1) is 17.8. The third-order valence-electron chi connectivity index (χ3n) is 3.46. The summed E-state index contributed by atoms with van der Waals surface area (Å²) in [6.07, 6.45) is 0.119. The second-order valence-corrected chi connectivity index (χ2v) is 6.74. The monoisotopic (exact) mass is 353 g/mol. The molecule has 1 aromatic rings. The van der Waals surface area contributed by atoms with Gasteiger partial charge >= 0.3 is 0 Å². The maximum atomic E-state index is 12.3. The van der Waals surface area contributed by atoms with E-state index in [0.717, 1.165) is 5.56 Å². The summed E-state index contributed by atoms with van der Waals surface area (Å²) in [4.78, 5) is 30.5. The summed E-state index contributed by atoms with van der Waals surface area (Å²) in [5.41, 5.74) is 1.58. The van der Waals surface area contributed by atoms with Crippen molar-refractivity contribution < 1.29 is 9.59 Å². The van der Waals surface area contributed by atoms with E-state index in [1.165, 1.54) is 11.8 Å². The van der Waals surface area contributed by atoms with Crippen LogP contribution in [0.1, 0.15) is 25.8 Å². The summed E-state index contributed by atoms with van der Waals surface area (Å²) in [5.74, 6) is -0.258. The maximum absolute atomic E-state index is 12.3. The van der Waals surface area contributed by atoms with Crippen molar-refractivity contribution in [2.45, 2.75) is 32.4 Å². The molecule has 124 valence electrons. The minimum Gasteiger partial charge on any atom is -0.326 e. The molecule has 1 fully saturated rings. The minimum absolute atomic E-state index is 0.0539. The molecule has 1 heterocycles. The van der Waals surface area contributed by atoms with Crippen LogP contribution in [0.3, 0.4) is 0 Å². The number of nitrogens with one attached hydrogen (secondary N) is 1. The van der Waals surface area contributed by atoms with Crippen molar-refractivity contribution >= 4 is 46.0 Å². The van der Waals surface area contributed by atoms with Gasteiger partial charge < -0.3 is 5.32 Å². The van der Waals surface area contributed by atoms with Crippen molar-refractivity contribution in [2.75, 3.05) is 18.4 Å². The summed E-state index contributed by atoms with van der Waals surface area (Å²) in [5, 5.41) is 3.68. The molecule has 2 amide bonds. The molecule has 0 radical (unpaired) electrons. The first-order valence-corrected chi connectivity index (χ1v) is 8.80. The van der Waals surface area contributed by atoms with Gasteiger partial charge in [-0.05, 0) is 38.5 Å². The molecule has 1 aliphatic heterocycles. The van der Waals surface area contributed by atoms with E-state index in [4.69, 9.17) is 11.6 Å². The van der Waals surface area contributed by atoms with E-state index < -0.39 is 5.25 Å². The van der Waals surface area contributed by atoms with E-state index in [1.54, 1.807) is 17.0 Å². The topological polar surface area (TPSA) is 61.8 Å². The molecule has 1 N–H and O–H groups in total. The van der Waals surface area contributed by atoms with Gasteiger partial charge in [-0.15, -0.1) is 0 Å². The summed E-state index contributed by atoms with van der Waals surface area (Å²) in [6.45, 7) is 6.91. The molecule has 1 aromatic carbocycles. The molecule has 1 aliphatic rings. The molecule has 0 saturated carbocycles. The molecule has 0 aliphatic carbocycles. The van der Waals surface area contributed by atoms with Gasteiger partial charge in [0.15, 0.2) is 5.17 Å². The minimum atomic E-state index is -0.416. The molecule has 1 atom stereocenters. The van der Waals surface area contributed by atoms with Gasteiger partial charge in [-0.3, -0.25) is 19.5 Å². The quantitative estimate of drug-likeness (QED) is 0.883. The van der Waals surface area contributed by atoms with Crippen LogP contribution in [0.25, 0.3) is 0 Å². The summed E-state index contributed by atoms with van der Waals surface area (Å²) in [7, 11) is 0. The Morgan fingerprint density at radius 2 is 2.17 bits per heavy atom. The molecule has 0 unspecified atom stereocenters. The number of benzene rings is 1. The highest BCUT2D eigenvalue weighted by atomic mass is 35.5. The normalized spacial score (nSPS) is 19.5. The lowest BCUT2D eigenvalue weighted by Gasteiger charge is -2.13. The number of aryl methyl sites for hydroxylation is 1. The average Bonchev–Trinajstić information content (AvgIpc) is 2.79. The van der Waals surface area contributed by atoms with E-state index in [0.29, 0.717) is 29.0 Å². The zero-order chi connectivity index (χ0) is 17.0. The summed E-state index contributed by atoms with van der Waals surface area (Å²) < 4.78 is 0. The van der Waals surface area contributed by atoms with Crippen LogP contribution in [-0.4, -0.2) is 40.2 Å². The molecular formula is C16H20ClN3O2S. The highest BCUT2D eigenvalue weighted by molar-refractivity contribution is 8.15. The average molecular weight is 354 g/mol. The molecule has 5 nitrogen and oxygen atoms in total. The molecule has 0 aromatic heterocycles. The summed E-state index contributed by atoms with van der Waals surface area (Å²) >= 11 is 7.41. The lowest BCUT2D eigenvalue weighted by Crippen LogP contribution is -2.33. The number of rotatable bonds is 5. The summed E-state index contributed by atoms with van der Waals surface area (Å²) in [6, 6.07) is 5.35. The lowest BCUT2D eigenvalue weighted by atomic mass is 10.2. The lowest BCUT2D eigenvalue weighted by molar-refractivity contribution is -0.128. The van der Waals surface area contributed by atoms with Crippen LogP contribution in [0.15, 0.2) is 23.2 Å². The van der Waals surface area contributed by atoms with Crippen LogP contribution in [0.4, 0.5) is 5.69 Å². The molecule has 0 spiro atoms. The smallest absolute Gasteiger partial charge is 0.242 e. The highest BCUT2D eigenvalue weighted by Gasteiger charge is 2.37. The van der Waals surface area contributed by atoms with E-state index in [2.05, 4.69) is 10.3 Å². The van der Waals surface area contributed by atoms with E-state index in [-0.39, 0.29) is 18.2 Å². The fourth-order valence-electron chi connectivity index (χ4n) is 2.24. The number of amides is 2. The number of anilines is 1. The Kier molecular flexibility index (Phi) is 6.07. The van der Waals surface area contributed by atoms with Crippen LogP contribution in [0, 0.1) is 6.92 Å². The predicted octanol–water partition coefficient (Wildman–Crippen LogP) is 3.32. The van der Waals surface area contributed by atoms with Crippen molar-refractivity contribution in [3.8, 4) is 0 Å². The van der Waals surface area contributed by atoms with E-state index in [1.807, 2.05) is 26.8 Å². The Balaban J connectivity index is 2.01. The van der Waals surface area contributed by atoms with Crippen molar-refractivity contribution in [3.05, 3.63) is 28.8 Å². The van der Waals surface area contributed by atoms with Crippen LogP contribution >= 0.6 is 23.4 Å². The first-order chi connectivity index (χ1) is 11.0. The fraction of sp³-hybridized carbons (Fsp3) is 0.438. The van der Waals surface area contributed by atoms with Crippen molar-refractivity contribution in [2.24, 2.45) is 4.99 Å². The van der Waals surface area contributed by atoms with Crippen LogP contribution in [-0.2, 0) is 9.59 Å². The Bertz CT molecular complexity index is 648. The van der Waals surface area contributed by atoms with Gasteiger partial charge in [-0.1, -0.05) is 29.4 Å². The number of hydrogen-bond donors (Lipinski definition) is 1. The van der Waals surface area contributed by atoms with Gasteiger partial charge in [-0.2, -0.15) is 0 Å². The van der Waals surface area contributed by atoms with Crippen LogP contribution < -0.4 is 5.32 Å². The Morgan fingerprint density at radius 3 is 2.78 bits per heavy atom. The molecular weight excluding hydrogens is 334 g/mol. The fourth-order valence-corrected chi connectivity index (χ4v) is 3.69. The van der Waals surface area contributed by atoms with Crippen LogP contribution in [0.2, 0.25) is 5.02 Å². The molecule has 2 rings (SSSR count). The third kappa shape index (κ3) is 4.26. The highest BCUT2D eigenvalue weighted by Crippen LogP contribution is 2.30. The van der Waals surface area contributed by atoms with Gasteiger partial charge in [0, 0.05) is 30.2 Å². The van der Waals surface area contributed by atoms with Crippen molar-refractivity contribution in [3.63, 3.8) is 0 Å². The van der Waals surface area contributed by atoms with Crippen molar-refractivity contribution in [1.29, 1.82) is 0 Å². The van der Waals surface area contributed by atoms with Crippen molar-refractivity contribution in [1.82, 2.24) is 4.90 Å². The second kappa shape index (κ2) is 7.84. The number of carbonyl (C=O) groups excluding carboxylic acids is 2. The van der Waals surface area contributed by atoms with Gasteiger partial charge in [0.05, 0.1) is 0 Å². The molecule has 23 heavy (non-hydrogen) atoms. The Hall–Kier alpha value is -1.53. The van der Waals surface area contributed by atoms with Gasteiger partial charge in [0.1, 0.15) is 5.25 Å².